The number of aromatic nitrogens is 1. The van der Waals surface area contributed by atoms with Crippen LogP contribution in [0.4, 0.5) is 14.5 Å². The van der Waals surface area contributed by atoms with Gasteiger partial charge in [0.05, 0.1) is 6.42 Å². The Morgan fingerprint density at radius 2 is 1.72 bits per heavy atom. The van der Waals surface area contributed by atoms with Crippen molar-refractivity contribution in [2.75, 3.05) is 5.32 Å². The van der Waals surface area contributed by atoms with E-state index in [1.54, 1.807) is 42.5 Å². The van der Waals surface area contributed by atoms with E-state index >= 15 is 0 Å². The Morgan fingerprint density at radius 3 is 2.41 bits per heavy atom. The van der Waals surface area contributed by atoms with Crippen LogP contribution in [0.25, 0.3) is 28.6 Å². The number of anilines is 1. The number of benzene rings is 3. The number of carboxylic acid groups (broad SMARTS) is 1. The lowest BCUT2D eigenvalue weighted by atomic mass is 10.1. The van der Waals surface area contributed by atoms with Crippen molar-refractivity contribution in [3.05, 3.63) is 89.5 Å². The van der Waals surface area contributed by atoms with Crippen molar-refractivity contribution >= 4 is 34.7 Å². The molecular weight excluding hydrogens is 418 g/mol. The van der Waals surface area contributed by atoms with E-state index in [9.17, 15) is 18.4 Å². The topological polar surface area (TPSA) is 92.4 Å². The summed E-state index contributed by atoms with van der Waals surface area (Å²) in [4.78, 5) is 27.3. The smallest absolute Gasteiger partial charge is 0.307 e. The zero-order valence-electron chi connectivity index (χ0n) is 16.5. The first-order valence-electron chi connectivity index (χ1n) is 9.52. The number of halogens is 2. The average Bonchev–Trinajstić information content (AvgIpc) is 3.15. The number of hydrogen-bond donors (Lipinski definition) is 2. The Labute approximate surface area is 180 Å². The predicted molar refractivity (Wildman–Crippen MR) is 115 cm³/mol. The maximum atomic E-state index is 13.2. The van der Waals surface area contributed by atoms with Gasteiger partial charge >= 0.3 is 5.97 Å². The lowest BCUT2D eigenvalue weighted by Gasteiger charge is -2.03. The van der Waals surface area contributed by atoms with Crippen LogP contribution in [0.5, 0.6) is 0 Å². The highest BCUT2D eigenvalue weighted by molar-refractivity contribution is 6.02. The lowest BCUT2D eigenvalue weighted by Crippen LogP contribution is -2.07. The summed E-state index contributed by atoms with van der Waals surface area (Å²) in [5, 5.41) is 11.6. The minimum atomic E-state index is -0.927. The highest BCUT2D eigenvalue weighted by Crippen LogP contribution is 2.26. The van der Waals surface area contributed by atoms with Gasteiger partial charge in [-0.15, -0.1) is 0 Å². The van der Waals surface area contributed by atoms with Gasteiger partial charge in [0.1, 0.15) is 17.2 Å². The van der Waals surface area contributed by atoms with E-state index < -0.39 is 23.5 Å². The monoisotopic (exact) mass is 434 g/mol. The van der Waals surface area contributed by atoms with Crippen molar-refractivity contribution in [2.45, 2.75) is 6.42 Å². The number of carboxylic acids is 1. The highest BCUT2D eigenvalue weighted by atomic mass is 19.1. The number of oxazole rings is 1. The van der Waals surface area contributed by atoms with E-state index in [4.69, 9.17) is 9.52 Å². The van der Waals surface area contributed by atoms with Gasteiger partial charge in [-0.1, -0.05) is 6.07 Å². The fraction of sp³-hybridized carbons (Fsp3) is 0.0417. The lowest BCUT2D eigenvalue weighted by molar-refractivity contribution is -0.136. The third kappa shape index (κ3) is 5.04. The van der Waals surface area contributed by atoms with Crippen molar-refractivity contribution in [2.24, 2.45) is 0 Å². The van der Waals surface area contributed by atoms with E-state index in [0.29, 0.717) is 33.8 Å². The fourth-order valence-electron chi connectivity index (χ4n) is 3.10. The molecule has 8 heteroatoms. The molecule has 0 unspecified atom stereocenters. The third-order valence-electron chi connectivity index (χ3n) is 4.52. The van der Waals surface area contributed by atoms with Crippen LogP contribution in [-0.2, 0) is 16.0 Å². The number of nitrogens with zero attached hydrogens (tertiary/aromatic N) is 1. The largest absolute Gasteiger partial charge is 0.481 e. The quantitative estimate of drug-likeness (QED) is 0.414. The van der Waals surface area contributed by atoms with Crippen LogP contribution in [0.15, 0.2) is 71.2 Å². The van der Waals surface area contributed by atoms with Gasteiger partial charge in [0.2, 0.25) is 11.8 Å². The van der Waals surface area contributed by atoms with E-state index in [1.807, 2.05) is 0 Å². The summed E-state index contributed by atoms with van der Waals surface area (Å²) < 4.78 is 32.1. The number of fused-ring (bicyclic) bond motifs is 1. The van der Waals surface area contributed by atoms with Crippen molar-refractivity contribution in [1.29, 1.82) is 0 Å². The predicted octanol–water partition coefficient (Wildman–Crippen LogP) is 5.05. The normalized spacial score (nSPS) is 11.2. The fourth-order valence-corrected chi connectivity index (χ4v) is 3.10. The summed E-state index contributed by atoms with van der Waals surface area (Å²) in [6.45, 7) is 0. The molecule has 6 nitrogen and oxygen atoms in total. The average molecular weight is 434 g/mol. The maximum Gasteiger partial charge on any atom is 0.307 e. The minimum Gasteiger partial charge on any atom is -0.481 e. The molecule has 4 rings (SSSR count). The molecule has 0 aliphatic rings. The second kappa shape index (κ2) is 8.81. The summed E-state index contributed by atoms with van der Waals surface area (Å²) in [7, 11) is 0. The molecule has 0 fully saturated rings. The Hall–Kier alpha value is -4.33. The highest BCUT2D eigenvalue weighted by Gasteiger charge is 2.10. The zero-order valence-corrected chi connectivity index (χ0v) is 16.5. The number of amides is 1. The molecule has 32 heavy (non-hydrogen) atoms. The molecule has 1 heterocycles. The summed E-state index contributed by atoms with van der Waals surface area (Å²) in [5.74, 6) is -2.48. The van der Waals surface area contributed by atoms with Gasteiger partial charge in [-0.05, 0) is 65.7 Å². The SMILES string of the molecule is O=C(O)Cc1ccc2oc(-c3ccc(NC(=O)C=Cc4cc(F)cc(F)c4)cc3)nc2c1. The van der Waals surface area contributed by atoms with Crippen molar-refractivity contribution < 1.29 is 27.9 Å². The summed E-state index contributed by atoms with van der Waals surface area (Å²) in [6.07, 6.45) is 2.39. The summed E-state index contributed by atoms with van der Waals surface area (Å²) >= 11 is 0. The molecule has 0 radical (unpaired) electrons. The first kappa shape index (κ1) is 20.9. The number of rotatable bonds is 6. The first-order valence-corrected chi connectivity index (χ1v) is 9.52. The van der Waals surface area contributed by atoms with Gasteiger partial charge in [0.25, 0.3) is 0 Å². The van der Waals surface area contributed by atoms with Crippen LogP contribution < -0.4 is 5.32 Å². The van der Waals surface area contributed by atoms with Gasteiger partial charge in [-0.2, -0.15) is 0 Å². The van der Waals surface area contributed by atoms with Crippen molar-refractivity contribution in [3.8, 4) is 11.5 Å². The minimum absolute atomic E-state index is 0.102. The van der Waals surface area contributed by atoms with Crippen molar-refractivity contribution in [3.63, 3.8) is 0 Å². The second-order valence-electron chi connectivity index (χ2n) is 6.99. The first-order chi connectivity index (χ1) is 15.4. The second-order valence-corrected chi connectivity index (χ2v) is 6.99. The molecule has 0 atom stereocenters. The molecule has 160 valence electrons. The Bertz CT molecular complexity index is 1320. The van der Waals surface area contributed by atoms with E-state index in [-0.39, 0.29) is 12.0 Å². The third-order valence-corrected chi connectivity index (χ3v) is 4.52. The molecular formula is C24H16F2N2O4. The van der Waals surface area contributed by atoms with Crippen LogP contribution in [0.3, 0.4) is 0 Å². The number of carbonyl (C=O) groups is 2. The van der Waals surface area contributed by atoms with E-state index in [2.05, 4.69) is 10.3 Å². The van der Waals surface area contributed by atoms with Crippen LogP contribution in [0.2, 0.25) is 0 Å². The molecule has 2 N–H and O–H groups in total. The molecule has 3 aromatic carbocycles. The molecule has 1 amide bonds. The molecule has 0 spiro atoms. The van der Waals surface area contributed by atoms with Crippen LogP contribution in [0, 0.1) is 11.6 Å². The van der Waals surface area contributed by atoms with Crippen LogP contribution in [-0.4, -0.2) is 22.0 Å². The van der Waals surface area contributed by atoms with Crippen LogP contribution >= 0.6 is 0 Å². The van der Waals surface area contributed by atoms with Gasteiger partial charge < -0.3 is 14.8 Å². The van der Waals surface area contributed by atoms with Gasteiger partial charge in [0, 0.05) is 23.4 Å². The van der Waals surface area contributed by atoms with E-state index in [0.717, 1.165) is 18.2 Å². The molecule has 0 saturated heterocycles. The number of aliphatic carboxylic acids is 1. The molecule has 0 bridgehead atoms. The van der Waals surface area contributed by atoms with Crippen LogP contribution in [0.1, 0.15) is 11.1 Å². The van der Waals surface area contributed by atoms with Gasteiger partial charge in [-0.3, -0.25) is 9.59 Å². The standard InChI is InChI=1S/C24H16F2N2O4/c25-17-9-14(10-18(26)13-17)2-8-22(29)27-19-5-3-16(4-6-19)24-28-20-11-15(12-23(30)31)1-7-21(20)32-24/h1-11,13H,12H2,(H,27,29)(H,30,31). The van der Waals surface area contributed by atoms with Gasteiger partial charge in [0.15, 0.2) is 5.58 Å². The molecule has 1 aromatic heterocycles. The Morgan fingerprint density at radius 1 is 1.00 bits per heavy atom. The summed E-state index contributed by atoms with van der Waals surface area (Å²) in [6, 6.07) is 14.8. The van der Waals surface area contributed by atoms with E-state index in [1.165, 1.54) is 12.2 Å². The molecule has 0 aliphatic heterocycles. The Kier molecular flexibility index (Phi) is 5.76. The number of nitrogens with one attached hydrogen (secondary N) is 1. The molecule has 4 aromatic rings. The molecule has 0 saturated carbocycles. The Balaban J connectivity index is 1.45. The maximum absolute atomic E-state index is 13.2. The summed E-state index contributed by atoms with van der Waals surface area (Å²) in [5.41, 5.74) is 3.12. The number of carbonyl (C=O) groups excluding carboxylic acids is 1. The molecule has 0 aliphatic carbocycles. The number of hydrogen-bond acceptors (Lipinski definition) is 4. The van der Waals surface area contributed by atoms with Gasteiger partial charge in [-0.25, -0.2) is 13.8 Å². The zero-order chi connectivity index (χ0) is 22.7. The van der Waals surface area contributed by atoms with Crippen molar-refractivity contribution in [1.82, 2.24) is 4.98 Å².